The number of hydrogen-bond donors (Lipinski definition) is 1. The van der Waals surface area contributed by atoms with Crippen LogP contribution in [0.4, 0.5) is 0 Å². The number of rotatable bonds is 6. The van der Waals surface area contributed by atoms with Gasteiger partial charge in [0.05, 0.1) is 0 Å². The Hall–Kier alpha value is -1.61. The Morgan fingerprint density at radius 2 is 2.00 bits per heavy atom. The van der Waals surface area contributed by atoms with E-state index >= 15 is 0 Å². The second-order valence-corrected chi connectivity index (χ2v) is 4.06. The van der Waals surface area contributed by atoms with Crippen LogP contribution in [0.5, 0.6) is 0 Å². The molecule has 0 spiro atoms. The highest BCUT2D eigenvalue weighted by molar-refractivity contribution is 5.75. The van der Waals surface area contributed by atoms with E-state index in [9.17, 15) is 4.79 Å². The van der Waals surface area contributed by atoms with Gasteiger partial charge >= 0.3 is 0 Å². The Kier molecular flexibility index (Phi) is 6.04. The first-order valence-electron chi connectivity index (χ1n) is 5.82. The molecule has 17 heavy (non-hydrogen) atoms. The second-order valence-electron chi connectivity index (χ2n) is 4.06. The molecule has 1 rings (SSSR count). The fourth-order valence-corrected chi connectivity index (χ4v) is 1.36. The quantitative estimate of drug-likeness (QED) is 0.758. The molecular formula is C14H20N2O. The van der Waals surface area contributed by atoms with Crippen molar-refractivity contribution in [2.75, 3.05) is 27.2 Å². The van der Waals surface area contributed by atoms with Crippen molar-refractivity contribution in [2.24, 2.45) is 0 Å². The van der Waals surface area contributed by atoms with Gasteiger partial charge in [-0.15, -0.1) is 0 Å². The molecule has 0 fully saturated rings. The van der Waals surface area contributed by atoms with E-state index in [-0.39, 0.29) is 5.91 Å². The van der Waals surface area contributed by atoms with Gasteiger partial charge in [-0.05, 0) is 5.56 Å². The van der Waals surface area contributed by atoms with E-state index in [1.807, 2.05) is 18.2 Å². The van der Waals surface area contributed by atoms with Crippen LogP contribution in [-0.2, 0) is 4.79 Å². The van der Waals surface area contributed by atoms with Gasteiger partial charge in [-0.1, -0.05) is 42.5 Å². The first-order valence-corrected chi connectivity index (χ1v) is 5.82. The normalized spacial score (nSPS) is 10.7. The van der Waals surface area contributed by atoms with Crippen LogP contribution >= 0.6 is 0 Å². The lowest BCUT2D eigenvalue weighted by Crippen LogP contribution is -2.26. The van der Waals surface area contributed by atoms with Crippen LogP contribution in [0.3, 0.4) is 0 Å². The van der Waals surface area contributed by atoms with Crippen molar-refractivity contribution in [3.8, 4) is 0 Å². The van der Waals surface area contributed by atoms with Gasteiger partial charge in [0.15, 0.2) is 0 Å². The van der Waals surface area contributed by atoms with Gasteiger partial charge in [0, 0.05) is 33.6 Å². The Balaban J connectivity index is 2.13. The van der Waals surface area contributed by atoms with E-state index < -0.39 is 0 Å². The van der Waals surface area contributed by atoms with Gasteiger partial charge in [-0.3, -0.25) is 4.79 Å². The molecule has 3 heteroatoms. The average Bonchev–Trinajstić information content (AvgIpc) is 2.34. The molecule has 0 aromatic heterocycles. The zero-order chi connectivity index (χ0) is 12.5. The Labute approximate surface area is 103 Å². The fourth-order valence-electron chi connectivity index (χ4n) is 1.36. The summed E-state index contributed by atoms with van der Waals surface area (Å²) in [6.07, 6.45) is 4.68. The maximum Gasteiger partial charge on any atom is 0.223 e. The van der Waals surface area contributed by atoms with Crippen LogP contribution in [0.1, 0.15) is 12.0 Å². The minimum absolute atomic E-state index is 0.157. The maximum absolute atomic E-state index is 11.3. The van der Waals surface area contributed by atoms with Crippen molar-refractivity contribution in [2.45, 2.75) is 6.42 Å². The van der Waals surface area contributed by atoms with Crippen molar-refractivity contribution in [3.63, 3.8) is 0 Å². The number of nitrogens with one attached hydrogen (secondary N) is 1. The van der Waals surface area contributed by atoms with Crippen LogP contribution in [0.25, 0.3) is 6.08 Å². The zero-order valence-corrected chi connectivity index (χ0v) is 10.5. The molecule has 0 atom stereocenters. The van der Waals surface area contributed by atoms with Crippen LogP contribution < -0.4 is 5.32 Å². The largest absolute Gasteiger partial charge is 0.349 e. The molecule has 0 aliphatic carbocycles. The Morgan fingerprint density at radius 3 is 2.65 bits per heavy atom. The number of amides is 1. The highest BCUT2D eigenvalue weighted by atomic mass is 16.2. The molecule has 1 N–H and O–H groups in total. The van der Waals surface area contributed by atoms with E-state index in [1.165, 1.54) is 5.56 Å². The first-order chi connectivity index (χ1) is 8.20. The predicted octanol–water partition coefficient (Wildman–Crippen LogP) is 1.77. The third-order valence-electron chi connectivity index (χ3n) is 2.39. The van der Waals surface area contributed by atoms with Crippen molar-refractivity contribution >= 4 is 12.0 Å². The van der Waals surface area contributed by atoms with Gasteiger partial charge in [0.25, 0.3) is 0 Å². The fraction of sp³-hybridized carbons (Fsp3) is 0.357. The van der Waals surface area contributed by atoms with Crippen LogP contribution in [-0.4, -0.2) is 38.0 Å². The molecule has 92 valence electrons. The highest BCUT2D eigenvalue weighted by Crippen LogP contribution is 1.99. The summed E-state index contributed by atoms with van der Waals surface area (Å²) in [6.45, 7) is 1.51. The van der Waals surface area contributed by atoms with E-state index in [1.54, 1.807) is 19.0 Å². The lowest BCUT2D eigenvalue weighted by molar-refractivity contribution is -0.128. The van der Waals surface area contributed by atoms with Crippen molar-refractivity contribution < 1.29 is 4.79 Å². The molecule has 0 aliphatic heterocycles. The summed E-state index contributed by atoms with van der Waals surface area (Å²) in [7, 11) is 3.55. The van der Waals surface area contributed by atoms with Crippen molar-refractivity contribution in [3.05, 3.63) is 42.0 Å². The zero-order valence-electron chi connectivity index (χ0n) is 10.5. The standard InChI is InChI=1S/C14H20N2O/c1-16(2)14(17)10-12-15-11-6-9-13-7-4-3-5-8-13/h3-9,15H,10-12H2,1-2H3/b9-6+. The highest BCUT2D eigenvalue weighted by Gasteiger charge is 2.01. The van der Waals surface area contributed by atoms with E-state index in [0.29, 0.717) is 6.42 Å². The van der Waals surface area contributed by atoms with Gasteiger partial charge < -0.3 is 10.2 Å². The van der Waals surface area contributed by atoms with Gasteiger partial charge in [-0.25, -0.2) is 0 Å². The van der Waals surface area contributed by atoms with Gasteiger partial charge in [-0.2, -0.15) is 0 Å². The first kappa shape index (κ1) is 13.5. The topological polar surface area (TPSA) is 32.3 Å². The number of carbonyl (C=O) groups excluding carboxylic acids is 1. The van der Waals surface area contributed by atoms with Crippen LogP contribution in [0.2, 0.25) is 0 Å². The summed E-state index contributed by atoms with van der Waals surface area (Å²) in [5, 5.41) is 3.21. The molecule has 1 aromatic rings. The molecule has 0 aliphatic rings. The van der Waals surface area contributed by atoms with Gasteiger partial charge in [0.2, 0.25) is 5.91 Å². The summed E-state index contributed by atoms with van der Waals surface area (Å²) >= 11 is 0. The monoisotopic (exact) mass is 232 g/mol. The number of benzene rings is 1. The SMILES string of the molecule is CN(C)C(=O)CCNC/C=C/c1ccccc1. The smallest absolute Gasteiger partial charge is 0.223 e. The summed E-state index contributed by atoms with van der Waals surface area (Å²) in [6, 6.07) is 10.2. The summed E-state index contributed by atoms with van der Waals surface area (Å²) in [5.41, 5.74) is 1.19. The second kappa shape index (κ2) is 7.63. The molecular weight excluding hydrogens is 212 g/mol. The number of carbonyl (C=O) groups is 1. The minimum Gasteiger partial charge on any atom is -0.349 e. The van der Waals surface area contributed by atoms with Gasteiger partial charge in [0.1, 0.15) is 0 Å². The van der Waals surface area contributed by atoms with Crippen molar-refractivity contribution in [1.82, 2.24) is 10.2 Å². The Morgan fingerprint density at radius 1 is 1.29 bits per heavy atom. The third kappa shape index (κ3) is 5.88. The predicted molar refractivity (Wildman–Crippen MR) is 71.7 cm³/mol. The van der Waals surface area contributed by atoms with Crippen LogP contribution in [0, 0.1) is 0 Å². The molecule has 0 bridgehead atoms. The molecule has 1 amide bonds. The van der Waals surface area contributed by atoms with E-state index in [0.717, 1.165) is 13.1 Å². The summed E-state index contributed by atoms with van der Waals surface area (Å²) in [5.74, 6) is 0.157. The van der Waals surface area contributed by atoms with Crippen molar-refractivity contribution in [1.29, 1.82) is 0 Å². The lowest BCUT2D eigenvalue weighted by atomic mass is 10.2. The molecule has 0 heterocycles. The van der Waals surface area contributed by atoms with E-state index in [2.05, 4.69) is 29.6 Å². The molecule has 0 saturated carbocycles. The molecule has 0 unspecified atom stereocenters. The Bertz CT molecular complexity index is 358. The number of nitrogens with zero attached hydrogens (tertiary/aromatic N) is 1. The third-order valence-corrected chi connectivity index (χ3v) is 2.39. The van der Waals surface area contributed by atoms with Crippen LogP contribution in [0.15, 0.2) is 36.4 Å². The van der Waals surface area contributed by atoms with E-state index in [4.69, 9.17) is 0 Å². The lowest BCUT2D eigenvalue weighted by Gasteiger charge is -2.09. The minimum atomic E-state index is 0.157. The molecule has 1 aromatic carbocycles. The molecule has 0 saturated heterocycles. The number of hydrogen-bond acceptors (Lipinski definition) is 2. The average molecular weight is 232 g/mol. The summed E-state index contributed by atoms with van der Waals surface area (Å²) < 4.78 is 0. The molecule has 3 nitrogen and oxygen atoms in total. The summed E-state index contributed by atoms with van der Waals surface area (Å²) in [4.78, 5) is 12.9. The molecule has 0 radical (unpaired) electrons. The maximum atomic E-state index is 11.3.